The third-order valence-electron chi connectivity index (χ3n) is 6.00. The van der Waals surface area contributed by atoms with E-state index in [0.717, 1.165) is 13.1 Å². The first-order valence-corrected chi connectivity index (χ1v) is 15.8. The van der Waals surface area contributed by atoms with Crippen molar-refractivity contribution in [1.82, 2.24) is 4.90 Å². The van der Waals surface area contributed by atoms with Gasteiger partial charge in [-0.2, -0.15) is 0 Å². The fraction of sp³-hybridized carbons (Fsp3) is 0.333. The molecule has 0 saturated heterocycles. The normalized spacial score (nSPS) is 15.4. The molecule has 0 aromatic heterocycles. The van der Waals surface area contributed by atoms with Crippen molar-refractivity contribution >= 4 is 31.6 Å². The molecule has 29 heavy (non-hydrogen) atoms. The minimum atomic E-state index is -2.42. The first-order chi connectivity index (χ1) is 13.8. The van der Waals surface area contributed by atoms with E-state index in [1.165, 1.54) is 27.8 Å². The molecule has 3 aromatic carbocycles. The Morgan fingerprint density at radius 1 is 0.724 bits per heavy atom. The van der Waals surface area contributed by atoms with E-state index in [9.17, 15) is 0 Å². The van der Waals surface area contributed by atoms with Crippen LogP contribution < -0.4 is 9.81 Å². The molecule has 0 saturated carbocycles. The Bertz CT molecular complexity index is 972. The molecule has 1 aliphatic rings. The van der Waals surface area contributed by atoms with Crippen LogP contribution in [0.1, 0.15) is 48.6 Å². The van der Waals surface area contributed by atoms with Crippen molar-refractivity contribution in [3.05, 3.63) is 88.5 Å². The number of aryl methyl sites for hydroxylation is 3. The molecular formula is C27H32BiN. The van der Waals surface area contributed by atoms with Gasteiger partial charge in [-0.1, -0.05) is 0 Å². The summed E-state index contributed by atoms with van der Waals surface area (Å²) in [6.45, 7) is 16.0. The van der Waals surface area contributed by atoms with Gasteiger partial charge >= 0.3 is 185 Å². The number of fused-ring (bicyclic) bond motifs is 2. The summed E-state index contributed by atoms with van der Waals surface area (Å²) in [6.07, 6.45) is 0. The quantitative estimate of drug-likeness (QED) is 0.390. The first-order valence-electron chi connectivity index (χ1n) is 10.5. The molecule has 0 spiro atoms. The SMILES string of the molecule is Cc1cc(C)[c]([Bi]2[c]3ccccc3CN(C(C)(C)C)Cc3cccc[c]32)c(C)c1. The summed E-state index contributed by atoms with van der Waals surface area (Å²) in [7, 11) is 0. The number of rotatable bonds is 1. The summed E-state index contributed by atoms with van der Waals surface area (Å²) in [5, 5.41) is 0. The summed E-state index contributed by atoms with van der Waals surface area (Å²) >= 11 is -2.42. The van der Waals surface area contributed by atoms with E-state index in [2.05, 4.69) is 107 Å². The van der Waals surface area contributed by atoms with E-state index >= 15 is 0 Å². The zero-order chi connectivity index (χ0) is 20.8. The average molecular weight is 580 g/mol. The molecule has 0 amide bonds. The number of nitrogens with zero attached hydrogens (tertiary/aromatic N) is 1. The second-order valence-electron chi connectivity index (χ2n) is 9.37. The van der Waals surface area contributed by atoms with Crippen LogP contribution in [-0.4, -0.2) is 32.2 Å². The molecule has 1 heterocycles. The van der Waals surface area contributed by atoms with Gasteiger partial charge in [0.1, 0.15) is 0 Å². The Morgan fingerprint density at radius 3 is 1.62 bits per heavy atom. The number of hydrogen-bond acceptors (Lipinski definition) is 1. The number of benzene rings is 3. The minimum absolute atomic E-state index is 0.136. The molecule has 150 valence electrons. The summed E-state index contributed by atoms with van der Waals surface area (Å²) in [5.41, 5.74) is 7.55. The molecule has 1 nitrogen and oxygen atoms in total. The fourth-order valence-corrected chi connectivity index (χ4v) is 15.9. The van der Waals surface area contributed by atoms with Crippen LogP contribution in [0.5, 0.6) is 0 Å². The van der Waals surface area contributed by atoms with Crippen LogP contribution in [-0.2, 0) is 13.1 Å². The Kier molecular flexibility index (Phi) is 5.71. The molecule has 0 bridgehead atoms. The predicted molar refractivity (Wildman–Crippen MR) is 127 cm³/mol. The van der Waals surface area contributed by atoms with Crippen LogP contribution >= 0.6 is 0 Å². The second-order valence-corrected chi connectivity index (χ2v) is 17.5. The Labute approximate surface area is 184 Å². The molecule has 2 heteroatoms. The van der Waals surface area contributed by atoms with Gasteiger partial charge in [0, 0.05) is 0 Å². The van der Waals surface area contributed by atoms with Gasteiger partial charge in [-0.05, 0) is 0 Å². The molecule has 3 aromatic rings. The molecule has 4 rings (SSSR count). The van der Waals surface area contributed by atoms with Gasteiger partial charge in [0.05, 0.1) is 0 Å². The fourth-order valence-electron chi connectivity index (χ4n) is 4.56. The van der Waals surface area contributed by atoms with Crippen LogP contribution in [0.15, 0.2) is 60.7 Å². The van der Waals surface area contributed by atoms with Crippen molar-refractivity contribution in [2.45, 2.75) is 60.2 Å². The first kappa shape index (κ1) is 20.8. The Balaban J connectivity index is 2.01. The van der Waals surface area contributed by atoms with Gasteiger partial charge in [-0.3, -0.25) is 0 Å². The van der Waals surface area contributed by atoms with Crippen LogP contribution in [0.25, 0.3) is 0 Å². The van der Waals surface area contributed by atoms with E-state index in [0.29, 0.717) is 0 Å². The molecule has 0 N–H and O–H groups in total. The maximum absolute atomic E-state index is 2.64. The van der Waals surface area contributed by atoms with Crippen LogP contribution in [0.2, 0.25) is 0 Å². The van der Waals surface area contributed by atoms with Gasteiger partial charge in [0.2, 0.25) is 0 Å². The molecule has 0 aliphatic carbocycles. The summed E-state index contributed by atoms with van der Waals surface area (Å²) in [6, 6.07) is 23.4. The zero-order valence-electron chi connectivity index (χ0n) is 18.6. The standard InChI is InChI=1S/C18H21N.C9H11.Bi/c1-18(2,3)19(14-16-10-6-4-7-11-16)15-17-12-8-5-9-13-17;1-7-4-8(2)6-9(3)5-7;/h4-10,12H,14-15H2,1-3H3;4-5H,1-3H3;. The molecule has 0 unspecified atom stereocenters. The summed E-state index contributed by atoms with van der Waals surface area (Å²) < 4.78 is 4.98. The molecule has 0 fully saturated rings. The topological polar surface area (TPSA) is 3.24 Å². The van der Waals surface area contributed by atoms with E-state index in [1.807, 2.05) is 0 Å². The van der Waals surface area contributed by atoms with E-state index < -0.39 is 21.8 Å². The van der Waals surface area contributed by atoms with Crippen LogP contribution in [0, 0.1) is 20.8 Å². The van der Waals surface area contributed by atoms with Crippen molar-refractivity contribution in [3.8, 4) is 0 Å². The number of hydrogen-bond donors (Lipinski definition) is 0. The average Bonchev–Trinajstić information content (AvgIpc) is 2.63. The zero-order valence-corrected chi connectivity index (χ0v) is 22.1. The Morgan fingerprint density at radius 2 is 1.17 bits per heavy atom. The van der Waals surface area contributed by atoms with Crippen molar-refractivity contribution in [3.63, 3.8) is 0 Å². The van der Waals surface area contributed by atoms with Gasteiger partial charge in [-0.15, -0.1) is 0 Å². The van der Waals surface area contributed by atoms with Gasteiger partial charge in [-0.25, -0.2) is 0 Å². The van der Waals surface area contributed by atoms with Crippen LogP contribution in [0.3, 0.4) is 0 Å². The third-order valence-corrected chi connectivity index (χ3v) is 17.6. The van der Waals surface area contributed by atoms with Crippen molar-refractivity contribution in [1.29, 1.82) is 0 Å². The van der Waals surface area contributed by atoms with Crippen LogP contribution in [0.4, 0.5) is 0 Å². The molecule has 1 aliphatic heterocycles. The summed E-state index contributed by atoms with van der Waals surface area (Å²) in [4.78, 5) is 2.64. The van der Waals surface area contributed by atoms with E-state index in [1.54, 1.807) is 9.81 Å². The van der Waals surface area contributed by atoms with Gasteiger partial charge in [0.15, 0.2) is 0 Å². The van der Waals surface area contributed by atoms with Gasteiger partial charge < -0.3 is 0 Å². The van der Waals surface area contributed by atoms with Gasteiger partial charge in [0.25, 0.3) is 0 Å². The predicted octanol–water partition coefficient (Wildman–Crippen LogP) is 4.24. The van der Waals surface area contributed by atoms with Crippen molar-refractivity contribution in [2.75, 3.05) is 0 Å². The monoisotopic (exact) mass is 579 g/mol. The van der Waals surface area contributed by atoms with Crippen molar-refractivity contribution < 1.29 is 0 Å². The Hall–Kier alpha value is -1.50. The molecular weight excluding hydrogens is 547 g/mol. The molecule has 0 atom stereocenters. The maximum atomic E-state index is 2.64. The van der Waals surface area contributed by atoms with E-state index in [4.69, 9.17) is 0 Å². The molecule has 0 radical (unpaired) electrons. The van der Waals surface area contributed by atoms with E-state index in [-0.39, 0.29) is 5.54 Å². The second kappa shape index (κ2) is 7.97. The third kappa shape index (κ3) is 4.07. The summed E-state index contributed by atoms with van der Waals surface area (Å²) in [5.74, 6) is 0. The van der Waals surface area contributed by atoms with Crippen molar-refractivity contribution in [2.24, 2.45) is 0 Å².